The van der Waals surface area contributed by atoms with E-state index in [1.54, 1.807) is 0 Å². The minimum atomic E-state index is 0.482. The van der Waals surface area contributed by atoms with Gasteiger partial charge < -0.3 is 4.74 Å². The number of ether oxygens (including phenoxy) is 1. The van der Waals surface area contributed by atoms with Gasteiger partial charge >= 0.3 is 0 Å². The summed E-state index contributed by atoms with van der Waals surface area (Å²) < 4.78 is 6.91. The fourth-order valence-electron chi connectivity index (χ4n) is 10.9. The van der Waals surface area contributed by atoms with E-state index in [1.807, 2.05) is 6.07 Å². The molecule has 252 valence electrons. The van der Waals surface area contributed by atoms with Gasteiger partial charge in [0.15, 0.2) is 5.82 Å². The van der Waals surface area contributed by atoms with Crippen LogP contribution in [0.5, 0.6) is 0 Å². The summed E-state index contributed by atoms with van der Waals surface area (Å²) >= 11 is 0. The molecular formula is C46H47N3O. The smallest absolute Gasteiger partial charge is 0.160 e. The van der Waals surface area contributed by atoms with Crippen LogP contribution >= 0.6 is 0 Å². The first-order valence-electron chi connectivity index (χ1n) is 19.4. The molecule has 0 N–H and O–H groups in total. The molecule has 5 fully saturated rings. The fraction of sp³-hybridized carbons (Fsp3) is 0.391. The van der Waals surface area contributed by atoms with Gasteiger partial charge in [0.1, 0.15) is 0 Å². The maximum Gasteiger partial charge on any atom is 0.160 e. The van der Waals surface area contributed by atoms with Gasteiger partial charge in [0, 0.05) is 34.8 Å². The molecule has 0 spiro atoms. The Morgan fingerprint density at radius 2 is 1.18 bits per heavy atom. The topological polar surface area (TPSA) is 38.2 Å². The summed E-state index contributed by atoms with van der Waals surface area (Å²) in [5.41, 5.74) is 9.19. The number of hydrogen-bond acceptors (Lipinski definition) is 4. The monoisotopic (exact) mass is 657 g/mol. The molecule has 4 aromatic carbocycles. The minimum absolute atomic E-state index is 0.482. The van der Waals surface area contributed by atoms with Crippen LogP contribution in [0.15, 0.2) is 115 Å². The first-order valence-corrected chi connectivity index (χ1v) is 19.4. The van der Waals surface area contributed by atoms with Crippen molar-refractivity contribution in [1.82, 2.24) is 14.9 Å². The lowest BCUT2D eigenvalue weighted by atomic mass is 9.68. The van der Waals surface area contributed by atoms with E-state index in [-0.39, 0.29) is 0 Å². The average Bonchev–Trinajstić information content (AvgIpc) is 3.54. The summed E-state index contributed by atoms with van der Waals surface area (Å²) in [7, 11) is 0. The molecular weight excluding hydrogens is 611 g/mol. The van der Waals surface area contributed by atoms with E-state index in [2.05, 4.69) is 114 Å². The molecule has 0 bridgehead atoms. The predicted octanol–water partition coefficient (Wildman–Crippen LogP) is 10.6. The summed E-state index contributed by atoms with van der Waals surface area (Å²) in [4.78, 5) is 13.2. The molecule has 2 aliphatic heterocycles. The number of benzene rings is 4. The molecule has 3 heterocycles. The van der Waals surface area contributed by atoms with Gasteiger partial charge in [0.2, 0.25) is 0 Å². The Labute approximate surface area is 297 Å². The van der Waals surface area contributed by atoms with E-state index in [9.17, 15) is 0 Å². The number of nitrogens with zero attached hydrogens (tertiary/aromatic N) is 3. The van der Waals surface area contributed by atoms with Gasteiger partial charge in [-0.05, 0) is 91.5 Å². The Bertz CT molecular complexity index is 1920. The van der Waals surface area contributed by atoms with Crippen LogP contribution in [0.3, 0.4) is 0 Å². The van der Waals surface area contributed by atoms with Crippen molar-refractivity contribution in [2.45, 2.75) is 100 Å². The molecule has 0 amide bonds. The minimum Gasteiger partial charge on any atom is -0.372 e. The van der Waals surface area contributed by atoms with Crippen LogP contribution in [-0.4, -0.2) is 45.2 Å². The zero-order valence-corrected chi connectivity index (χ0v) is 28.9. The highest BCUT2D eigenvalue weighted by atomic mass is 16.5. The van der Waals surface area contributed by atoms with Crippen molar-refractivity contribution in [3.63, 3.8) is 0 Å². The zero-order chi connectivity index (χ0) is 33.0. The molecule has 5 aromatic rings. The van der Waals surface area contributed by atoms with Crippen molar-refractivity contribution in [2.75, 3.05) is 0 Å². The van der Waals surface area contributed by atoms with Gasteiger partial charge in [0.25, 0.3) is 0 Å². The second-order valence-electron chi connectivity index (χ2n) is 15.7. The van der Waals surface area contributed by atoms with Crippen molar-refractivity contribution in [3.8, 4) is 45.0 Å². The Kier molecular flexibility index (Phi) is 7.91. The summed E-state index contributed by atoms with van der Waals surface area (Å²) in [5, 5.41) is 0. The van der Waals surface area contributed by atoms with E-state index in [1.165, 1.54) is 80.9 Å². The van der Waals surface area contributed by atoms with Crippen LogP contribution in [0.4, 0.5) is 0 Å². The van der Waals surface area contributed by atoms with E-state index < -0.39 is 0 Å². The molecule has 4 nitrogen and oxygen atoms in total. The van der Waals surface area contributed by atoms with Crippen LogP contribution in [-0.2, 0) is 4.74 Å². The number of aromatic nitrogens is 2. The Morgan fingerprint density at radius 1 is 0.500 bits per heavy atom. The number of hydrogen-bond donors (Lipinski definition) is 0. The van der Waals surface area contributed by atoms with Crippen molar-refractivity contribution >= 4 is 0 Å². The lowest BCUT2D eigenvalue weighted by Crippen LogP contribution is -2.63. The van der Waals surface area contributed by atoms with Crippen LogP contribution in [0, 0.1) is 11.8 Å². The van der Waals surface area contributed by atoms with Crippen molar-refractivity contribution in [1.29, 1.82) is 0 Å². The third kappa shape index (κ3) is 5.43. The molecule has 5 aliphatic rings. The summed E-state index contributed by atoms with van der Waals surface area (Å²) in [6, 6.07) is 43.5. The largest absolute Gasteiger partial charge is 0.372 e. The van der Waals surface area contributed by atoms with Gasteiger partial charge in [-0.3, -0.25) is 4.90 Å². The molecule has 0 radical (unpaired) electrons. The van der Waals surface area contributed by atoms with Crippen LogP contribution in [0.1, 0.15) is 75.7 Å². The fourth-order valence-corrected chi connectivity index (χ4v) is 10.9. The maximum absolute atomic E-state index is 6.91. The molecule has 1 aromatic heterocycles. The number of fused-ring (bicyclic) bond motifs is 5. The second-order valence-corrected chi connectivity index (χ2v) is 15.7. The van der Waals surface area contributed by atoms with Gasteiger partial charge in [0.05, 0.1) is 23.6 Å². The molecule has 4 heteroatoms. The molecule has 3 saturated carbocycles. The van der Waals surface area contributed by atoms with E-state index in [0.717, 1.165) is 51.8 Å². The molecule has 2 saturated heterocycles. The summed E-state index contributed by atoms with van der Waals surface area (Å²) in [6.45, 7) is 0. The lowest BCUT2D eigenvalue weighted by molar-refractivity contribution is -0.177. The highest BCUT2D eigenvalue weighted by Crippen LogP contribution is 2.56. The lowest BCUT2D eigenvalue weighted by Gasteiger charge is -2.53. The molecule has 3 aliphatic carbocycles. The third-order valence-electron chi connectivity index (χ3n) is 13.1. The normalized spacial score (nSPS) is 30.2. The number of morpholine rings is 1. The Balaban J connectivity index is 0.944. The van der Waals surface area contributed by atoms with Crippen molar-refractivity contribution in [3.05, 3.63) is 121 Å². The Morgan fingerprint density at radius 3 is 2.02 bits per heavy atom. The van der Waals surface area contributed by atoms with Crippen LogP contribution < -0.4 is 0 Å². The summed E-state index contributed by atoms with van der Waals surface area (Å²) in [5.74, 6) is 3.02. The SMILES string of the molecule is c1ccc(-c2cc(-c3cccc(-c4cccc(C5CCC6C(C5)C5CCCC7OC8CCCCC8N6C75)c4)c3)nc(-c3ccccc3)n2)cc1. The van der Waals surface area contributed by atoms with E-state index in [0.29, 0.717) is 30.2 Å². The highest BCUT2D eigenvalue weighted by Gasteiger charge is 2.59. The zero-order valence-electron chi connectivity index (χ0n) is 28.9. The quantitative estimate of drug-likeness (QED) is 0.189. The van der Waals surface area contributed by atoms with E-state index >= 15 is 0 Å². The van der Waals surface area contributed by atoms with Gasteiger partial charge in [-0.1, -0.05) is 122 Å². The van der Waals surface area contributed by atoms with Gasteiger partial charge in [-0.15, -0.1) is 0 Å². The number of rotatable bonds is 5. The highest BCUT2D eigenvalue weighted by molar-refractivity contribution is 5.76. The second kappa shape index (κ2) is 12.9. The van der Waals surface area contributed by atoms with Crippen molar-refractivity contribution in [2.24, 2.45) is 11.8 Å². The Hall–Kier alpha value is -4.12. The summed E-state index contributed by atoms with van der Waals surface area (Å²) in [6.07, 6.45) is 14.4. The van der Waals surface area contributed by atoms with Crippen LogP contribution in [0.25, 0.3) is 45.0 Å². The predicted molar refractivity (Wildman–Crippen MR) is 202 cm³/mol. The first-order chi connectivity index (χ1) is 24.8. The van der Waals surface area contributed by atoms with Crippen LogP contribution in [0.2, 0.25) is 0 Å². The molecule has 8 unspecified atom stereocenters. The van der Waals surface area contributed by atoms with E-state index in [4.69, 9.17) is 14.7 Å². The molecule has 50 heavy (non-hydrogen) atoms. The first kappa shape index (κ1) is 30.7. The standard InChI is InChI=1S/C46H47N3O/c1-3-12-30(13-4-1)39-29-40(48-46(47-39)31-14-5-2-6-15-31)36-19-10-18-34(27-36)32-16-9-17-33(26-32)35-24-25-41-38(28-35)37-20-11-23-44-45(37)49(41)42-21-7-8-22-43(42)50-44/h1-6,9-10,12-19,26-27,29,35,37-38,41-45H,7-8,11,20-25,28H2. The van der Waals surface area contributed by atoms with Crippen molar-refractivity contribution < 1.29 is 4.74 Å². The maximum atomic E-state index is 6.91. The average molecular weight is 658 g/mol. The van der Waals surface area contributed by atoms with Gasteiger partial charge in [-0.25, -0.2) is 9.97 Å². The molecule has 10 rings (SSSR count). The third-order valence-corrected chi connectivity index (χ3v) is 13.1. The molecule has 8 atom stereocenters. The van der Waals surface area contributed by atoms with Gasteiger partial charge in [-0.2, -0.15) is 0 Å².